The van der Waals surface area contributed by atoms with Crippen molar-refractivity contribution in [1.29, 1.82) is 0 Å². The van der Waals surface area contributed by atoms with Gasteiger partial charge in [-0.15, -0.1) is 0 Å². The lowest BCUT2D eigenvalue weighted by Gasteiger charge is -2.38. The summed E-state index contributed by atoms with van der Waals surface area (Å²) in [5.74, 6) is 0.833. The lowest BCUT2D eigenvalue weighted by Crippen LogP contribution is -2.49. The summed E-state index contributed by atoms with van der Waals surface area (Å²) in [6.07, 6.45) is 0.766. The maximum Gasteiger partial charge on any atom is 0.425 e. The van der Waals surface area contributed by atoms with Crippen LogP contribution in [0, 0.1) is 19.7 Å². The Morgan fingerprint density at radius 3 is 2.33 bits per heavy atom. The third kappa shape index (κ3) is 7.09. The summed E-state index contributed by atoms with van der Waals surface area (Å²) in [5.41, 5.74) is 3.88. The number of carbonyl (C=O) groups is 1. The summed E-state index contributed by atoms with van der Waals surface area (Å²) in [6, 6.07) is 17.9. The molecule has 0 saturated carbocycles. The molecule has 0 aliphatic carbocycles. The molecule has 5 rings (SSSR count). The van der Waals surface area contributed by atoms with Crippen LogP contribution >= 0.6 is 0 Å². The van der Waals surface area contributed by atoms with Crippen molar-refractivity contribution >= 4 is 34.8 Å². The van der Waals surface area contributed by atoms with Gasteiger partial charge in [0.25, 0.3) is 0 Å². The molecule has 11 heteroatoms. The van der Waals surface area contributed by atoms with E-state index in [1.165, 1.54) is 30.3 Å². The molecule has 0 bridgehead atoms. The standard InChI is InChI=1S/C34H39FN6O4/c1-22(2)39-16-18-40(19-17-39)28-12-10-25(20-27(28)35)37-33-36-15-14-31(38-33)45-34(42)41(32-23(3)8-7-9-24(32)4)29-13-11-26(43-5)21-30(29)44-6/h7-15,20-22H,16-19H2,1-6H3,(H,36,37,38). The van der Waals surface area contributed by atoms with Gasteiger partial charge in [0, 0.05) is 56.2 Å². The Balaban J connectivity index is 1.36. The smallest absolute Gasteiger partial charge is 0.425 e. The zero-order chi connectivity index (χ0) is 32.1. The van der Waals surface area contributed by atoms with Gasteiger partial charge in [0.2, 0.25) is 11.8 Å². The van der Waals surface area contributed by atoms with Crippen LogP contribution in [0.25, 0.3) is 0 Å². The molecule has 45 heavy (non-hydrogen) atoms. The molecule has 0 unspecified atom stereocenters. The van der Waals surface area contributed by atoms with Crippen LogP contribution in [0.1, 0.15) is 25.0 Å². The van der Waals surface area contributed by atoms with Crippen LogP contribution < -0.4 is 29.3 Å². The summed E-state index contributed by atoms with van der Waals surface area (Å²) < 4.78 is 32.0. The van der Waals surface area contributed by atoms with E-state index in [1.54, 1.807) is 37.4 Å². The average molecular weight is 615 g/mol. The van der Waals surface area contributed by atoms with E-state index in [0.29, 0.717) is 40.3 Å². The number of aromatic nitrogens is 2. The summed E-state index contributed by atoms with van der Waals surface area (Å²) in [4.78, 5) is 28.4. The van der Waals surface area contributed by atoms with Crippen LogP contribution in [-0.2, 0) is 0 Å². The molecule has 1 saturated heterocycles. The molecule has 2 heterocycles. The van der Waals surface area contributed by atoms with E-state index in [-0.39, 0.29) is 17.6 Å². The second-order valence-corrected chi connectivity index (χ2v) is 11.1. The summed E-state index contributed by atoms with van der Waals surface area (Å²) in [5, 5.41) is 3.02. The van der Waals surface area contributed by atoms with Crippen molar-refractivity contribution in [2.24, 2.45) is 0 Å². The molecule has 0 atom stereocenters. The molecule has 3 aromatic carbocycles. The molecule has 10 nitrogen and oxygen atoms in total. The van der Waals surface area contributed by atoms with Crippen LogP contribution in [0.2, 0.25) is 0 Å². The van der Waals surface area contributed by atoms with Gasteiger partial charge in [-0.25, -0.2) is 19.1 Å². The molecule has 1 aliphatic rings. The molecule has 1 aliphatic heterocycles. The molecule has 1 N–H and O–H groups in total. The first-order valence-electron chi connectivity index (χ1n) is 14.9. The van der Waals surface area contributed by atoms with Crippen LogP contribution in [0.15, 0.2) is 66.9 Å². The fourth-order valence-electron chi connectivity index (χ4n) is 5.48. The normalized spacial score (nSPS) is 13.5. The topological polar surface area (TPSA) is 92.3 Å². The van der Waals surface area contributed by atoms with Gasteiger partial charge in [0.1, 0.15) is 17.3 Å². The molecule has 1 aromatic heterocycles. The number of carbonyl (C=O) groups excluding carboxylic acids is 1. The number of hydrogen-bond acceptors (Lipinski definition) is 9. The van der Waals surface area contributed by atoms with Crippen molar-refractivity contribution in [3.63, 3.8) is 0 Å². The van der Waals surface area contributed by atoms with Crippen LogP contribution in [0.3, 0.4) is 0 Å². The SMILES string of the molecule is COc1ccc(N(C(=O)Oc2ccnc(Nc3ccc(N4CCN(C(C)C)CC4)c(F)c3)n2)c2c(C)cccc2C)c(OC)c1. The number of aryl methyl sites for hydroxylation is 2. The molecule has 0 radical (unpaired) electrons. The number of benzene rings is 3. The van der Waals surface area contributed by atoms with E-state index in [4.69, 9.17) is 14.2 Å². The minimum absolute atomic E-state index is 0.0151. The number of anilines is 5. The average Bonchev–Trinajstić information content (AvgIpc) is 3.03. The Bertz CT molecular complexity index is 1640. The second-order valence-electron chi connectivity index (χ2n) is 11.1. The Morgan fingerprint density at radius 1 is 0.956 bits per heavy atom. The maximum atomic E-state index is 15.2. The second kappa shape index (κ2) is 13.8. The fourth-order valence-corrected chi connectivity index (χ4v) is 5.48. The minimum atomic E-state index is -0.700. The molecule has 0 spiro atoms. The highest BCUT2D eigenvalue weighted by molar-refractivity contribution is 6.00. The summed E-state index contributed by atoms with van der Waals surface area (Å²) in [7, 11) is 3.08. The minimum Gasteiger partial charge on any atom is -0.497 e. The van der Waals surface area contributed by atoms with Crippen molar-refractivity contribution in [1.82, 2.24) is 14.9 Å². The molecule has 1 amide bonds. The summed E-state index contributed by atoms with van der Waals surface area (Å²) in [6.45, 7) is 11.5. The van der Waals surface area contributed by atoms with Gasteiger partial charge in [0.15, 0.2) is 0 Å². The van der Waals surface area contributed by atoms with Crippen LogP contribution in [0.4, 0.5) is 37.9 Å². The number of amides is 1. The van der Waals surface area contributed by atoms with Crippen molar-refractivity contribution < 1.29 is 23.4 Å². The number of methoxy groups -OCH3 is 2. The third-order valence-electron chi connectivity index (χ3n) is 7.88. The van der Waals surface area contributed by atoms with E-state index < -0.39 is 6.09 Å². The van der Waals surface area contributed by atoms with Crippen molar-refractivity contribution in [3.05, 3.63) is 83.8 Å². The monoisotopic (exact) mass is 614 g/mol. The third-order valence-corrected chi connectivity index (χ3v) is 7.88. The van der Waals surface area contributed by atoms with Gasteiger partial charge in [-0.3, -0.25) is 4.90 Å². The zero-order valence-corrected chi connectivity index (χ0v) is 26.5. The lowest BCUT2D eigenvalue weighted by molar-refractivity contribution is 0.208. The first-order chi connectivity index (χ1) is 21.7. The molecule has 236 valence electrons. The Labute approximate surface area is 263 Å². The Hall–Kier alpha value is -4.90. The highest BCUT2D eigenvalue weighted by Gasteiger charge is 2.27. The fraction of sp³-hybridized carbons (Fsp3) is 0.324. The largest absolute Gasteiger partial charge is 0.497 e. The predicted molar refractivity (Wildman–Crippen MR) is 174 cm³/mol. The number of nitrogens with one attached hydrogen (secondary N) is 1. The Kier molecular flexibility index (Phi) is 9.68. The number of rotatable bonds is 9. The van der Waals surface area contributed by atoms with Gasteiger partial charge in [0.05, 0.1) is 31.3 Å². The van der Waals surface area contributed by atoms with Gasteiger partial charge in [-0.1, -0.05) is 18.2 Å². The van der Waals surface area contributed by atoms with E-state index in [2.05, 4.69) is 38.9 Å². The molecule has 4 aromatic rings. The highest BCUT2D eigenvalue weighted by Crippen LogP contribution is 2.40. The molecular weight excluding hydrogens is 575 g/mol. The number of piperazine rings is 1. The number of halogens is 1. The Morgan fingerprint density at radius 2 is 1.69 bits per heavy atom. The number of nitrogens with zero attached hydrogens (tertiary/aromatic N) is 5. The molecular formula is C34H39FN6O4. The van der Waals surface area contributed by atoms with E-state index in [9.17, 15) is 4.79 Å². The number of hydrogen-bond donors (Lipinski definition) is 1. The number of para-hydroxylation sites is 1. The quantitative estimate of drug-likeness (QED) is 0.217. The zero-order valence-electron chi connectivity index (χ0n) is 26.5. The van der Waals surface area contributed by atoms with E-state index in [0.717, 1.165) is 37.3 Å². The van der Waals surface area contributed by atoms with E-state index in [1.807, 2.05) is 32.0 Å². The van der Waals surface area contributed by atoms with Crippen molar-refractivity contribution in [2.45, 2.75) is 33.7 Å². The first-order valence-corrected chi connectivity index (χ1v) is 14.9. The van der Waals surface area contributed by atoms with Crippen LogP contribution in [-0.4, -0.2) is 67.4 Å². The number of ether oxygens (including phenoxy) is 3. The maximum absolute atomic E-state index is 15.2. The van der Waals surface area contributed by atoms with Gasteiger partial charge >= 0.3 is 6.09 Å². The van der Waals surface area contributed by atoms with Crippen molar-refractivity contribution in [3.8, 4) is 17.4 Å². The van der Waals surface area contributed by atoms with Gasteiger partial charge in [-0.05, 0) is 69.2 Å². The molecule has 1 fully saturated rings. The van der Waals surface area contributed by atoms with Gasteiger partial charge in [-0.2, -0.15) is 4.98 Å². The first kappa shape index (κ1) is 31.5. The highest BCUT2D eigenvalue weighted by atomic mass is 19.1. The van der Waals surface area contributed by atoms with E-state index >= 15 is 4.39 Å². The lowest BCUT2D eigenvalue weighted by atomic mass is 10.1. The van der Waals surface area contributed by atoms with Crippen LogP contribution in [0.5, 0.6) is 17.4 Å². The van der Waals surface area contributed by atoms with Gasteiger partial charge < -0.3 is 24.4 Å². The predicted octanol–water partition coefficient (Wildman–Crippen LogP) is 6.86. The van der Waals surface area contributed by atoms with Crippen molar-refractivity contribution in [2.75, 3.05) is 55.5 Å². The summed E-state index contributed by atoms with van der Waals surface area (Å²) >= 11 is 0.